The highest BCUT2D eigenvalue weighted by Crippen LogP contribution is 2.34. The number of aliphatic hydroxyl groups excluding tert-OH is 1. The molecule has 0 unspecified atom stereocenters. The third kappa shape index (κ3) is 2.95. The zero-order valence-electron chi connectivity index (χ0n) is 9.02. The van der Waals surface area contributed by atoms with Crippen LogP contribution in [0.5, 0.6) is 0 Å². The number of pyridine rings is 1. The van der Waals surface area contributed by atoms with Gasteiger partial charge in [-0.1, -0.05) is 12.8 Å². The van der Waals surface area contributed by atoms with Crippen molar-refractivity contribution in [3.8, 4) is 0 Å². The predicted molar refractivity (Wildman–Crippen MR) is 63.0 cm³/mol. The molecule has 0 radical (unpaired) electrons. The van der Waals surface area contributed by atoms with Crippen molar-refractivity contribution < 1.29 is 5.11 Å². The third-order valence-corrected chi connectivity index (χ3v) is 4.10. The maximum absolute atomic E-state index is 9.47. The first-order valence-corrected chi connectivity index (χ1v) is 6.44. The van der Waals surface area contributed by atoms with Crippen molar-refractivity contribution in [1.82, 2.24) is 4.98 Å². The Balaban J connectivity index is 2.04. The molecule has 1 aliphatic carbocycles. The predicted octanol–water partition coefficient (Wildman–Crippen LogP) is 3.17. The summed E-state index contributed by atoms with van der Waals surface area (Å²) in [5, 5.41) is 11.3. The van der Waals surface area contributed by atoms with Crippen LogP contribution in [0.2, 0.25) is 0 Å². The van der Waals surface area contributed by atoms with Gasteiger partial charge in [-0.25, -0.2) is 4.98 Å². The smallest absolute Gasteiger partial charge is 0.0966 e. The monoisotopic (exact) mass is 223 g/mol. The van der Waals surface area contributed by atoms with Gasteiger partial charge in [0.1, 0.15) is 0 Å². The third-order valence-electron chi connectivity index (χ3n) is 2.83. The van der Waals surface area contributed by atoms with Crippen LogP contribution < -0.4 is 0 Å². The number of nitrogens with zero attached hydrogens (tertiary/aromatic N) is 1. The van der Waals surface area contributed by atoms with E-state index in [1.165, 1.54) is 25.7 Å². The molecule has 1 fully saturated rings. The van der Waals surface area contributed by atoms with E-state index in [0.717, 1.165) is 15.8 Å². The maximum Gasteiger partial charge on any atom is 0.0966 e. The summed E-state index contributed by atoms with van der Waals surface area (Å²) in [5.74, 6) is 0. The van der Waals surface area contributed by atoms with E-state index < -0.39 is 6.10 Å². The lowest BCUT2D eigenvalue weighted by atomic mass is 10.2. The van der Waals surface area contributed by atoms with E-state index in [1.54, 1.807) is 13.1 Å². The van der Waals surface area contributed by atoms with E-state index >= 15 is 0 Å². The number of hydrogen-bond donors (Lipinski definition) is 1. The first-order chi connectivity index (χ1) is 7.25. The quantitative estimate of drug-likeness (QED) is 0.854. The molecule has 1 aromatic rings. The van der Waals surface area contributed by atoms with E-state index in [0.29, 0.717) is 0 Å². The fourth-order valence-electron chi connectivity index (χ4n) is 1.93. The molecule has 0 aromatic carbocycles. The fourth-order valence-corrected chi connectivity index (χ4v) is 3.16. The lowest BCUT2D eigenvalue weighted by Crippen LogP contribution is -1.97. The molecule has 1 aliphatic rings. The molecule has 3 heteroatoms. The zero-order valence-corrected chi connectivity index (χ0v) is 9.83. The number of rotatable bonds is 3. The highest BCUT2D eigenvalue weighted by Gasteiger charge is 2.16. The number of thioether (sulfide) groups is 1. The standard InChI is InChI=1S/C12H17NOS/c1-9(14)10-6-7-13-12(8-10)15-11-4-2-3-5-11/h6-9,11,14H,2-5H2,1H3/t9-/m1/s1. The molecule has 1 heterocycles. The highest BCUT2D eigenvalue weighted by atomic mass is 32.2. The average Bonchev–Trinajstić information content (AvgIpc) is 2.71. The molecule has 82 valence electrons. The van der Waals surface area contributed by atoms with E-state index in [-0.39, 0.29) is 0 Å². The Kier molecular flexibility index (Phi) is 3.65. The van der Waals surface area contributed by atoms with Crippen molar-refractivity contribution in [1.29, 1.82) is 0 Å². The Hall–Kier alpha value is -0.540. The van der Waals surface area contributed by atoms with Crippen LogP contribution in [0.15, 0.2) is 23.4 Å². The van der Waals surface area contributed by atoms with Crippen LogP contribution in [0.25, 0.3) is 0 Å². The molecule has 15 heavy (non-hydrogen) atoms. The molecule has 0 amide bonds. The minimum absolute atomic E-state index is 0.393. The van der Waals surface area contributed by atoms with Crippen LogP contribution in [0, 0.1) is 0 Å². The van der Waals surface area contributed by atoms with Crippen molar-refractivity contribution >= 4 is 11.8 Å². The second-order valence-electron chi connectivity index (χ2n) is 4.13. The minimum atomic E-state index is -0.393. The largest absolute Gasteiger partial charge is 0.389 e. The van der Waals surface area contributed by atoms with Crippen molar-refractivity contribution in [3.05, 3.63) is 23.9 Å². The maximum atomic E-state index is 9.47. The van der Waals surface area contributed by atoms with Gasteiger partial charge in [-0.15, -0.1) is 11.8 Å². The van der Waals surface area contributed by atoms with E-state index in [2.05, 4.69) is 4.98 Å². The first kappa shape index (κ1) is 11.0. The van der Waals surface area contributed by atoms with Gasteiger partial charge in [-0.2, -0.15) is 0 Å². The SMILES string of the molecule is C[C@@H](O)c1ccnc(SC2CCCC2)c1. The fraction of sp³-hybridized carbons (Fsp3) is 0.583. The van der Waals surface area contributed by atoms with Gasteiger partial charge in [0.15, 0.2) is 0 Å². The number of aromatic nitrogens is 1. The van der Waals surface area contributed by atoms with Crippen molar-refractivity contribution in [2.75, 3.05) is 0 Å². The minimum Gasteiger partial charge on any atom is -0.389 e. The summed E-state index contributed by atoms with van der Waals surface area (Å²) >= 11 is 1.86. The molecule has 1 saturated carbocycles. The molecule has 0 bridgehead atoms. The van der Waals surface area contributed by atoms with Crippen LogP contribution in [0.1, 0.15) is 44.3 Å². The number of hydrogen-bond acceptors (Lipinski definition) is 3. The van der Waals surface area contributed by atoms with Crippen molar-refractivity contribution in [3.63, 3.8) is 0 Å². The second-order valence-corrected chi connectivity index (χ2v) is 5.45. The molecule has 1 aromatic heterocycles. The first-order valence-electron chi connectivity index (χ1n) is 5.56. The van der Waals surface area contributed by atoms with E-state index in [9.17, 15) is 5.11 Å². The summed E-state index contributed by atoms with van der Waals surface area (Å²) in [5.41, 5.74) is 0.963. The highest BCUT2D eigenvalue weighted by molar-refractivity contribution is 7.99. The van der Waals surface area contributed by atoms with Crippen molar-refractivity contribution in [2.45, 2.75) is 49.0 Å². The van der Waals surface area contributed by atoms with Crippen LogP contribution in [0.3, 0.4) is 0 Å². The average molecular weight is 223 g/mol. The van der Waals surface area contributed by atoms with Gasteiger partial charge >= 0.3 is 0 Å². The number of aliphatic hydroxyl groups is 1. The van der Waals surface area contributed by atoms with Crippen LogP contribution in [0.4, 0.5) is 0 Å². The molecule has 1 N–H and O–H groups in total. The summed E-state index contributed by atoms with van der Waals surface area (Å²) in [6.07, 6.45) is 6.73. The summed E-state index contributed by atoms with van der Waals surface area (Å²) in [7, 11) is 0. The molecular weight excluding hydrogens is 206 g/mol. The van der Waals surface area contributed by atoms with Crippen LogP contribution in [-0.2, 0) is 0 Å². The molecule has 2 nitrogen and oxygen atoms in total. The lowest BCUT2D eigenvalue weighted by molar-refractivity contribution is 0.199. The molecular formula is C12H17NOS. The molecule has 0 aliphatic heterocycles. The van der Waals surface area contributed by atoms with Gasteiger partial charge in [0.2, 0.25) is 0 Å². The van der Waals surface area contributed by atoms with E-state index in [4.69, 9.17) is 0 Å². The van der Waals surface area contributed by atoms with Crippen LogP contribution in [-0.4, -0.2) is 15.3 Å². The summed E-state index contributed by atoms with van der Waals surface area (Å²) in [6.45, 7) is 1.79. The topological polar surface area (TPSA) is 33.1 Å². The Labute approximate surface area is 95.1 Å². The molecule has 1 atom stereocenters. The lowest BCUT2D eigenvalue weighted by Gasteiger charge is -2.10. The summed E-state index contributed by atoms with van der Waals surface area (Å²) in [4.78, 5) is 4.34. The second kappa shape index (κ2) is 4.99. The molecule has 0 spiro atoms. The van der Waals surface area contributed by atoms with Gasteiger partial charge in [-0.05, 0) is 37.5 Å². The Morgan fingerprint density at radius 2 is 2.20 bits per heavy atom. The normalized spacial score (nSPS) is 19.3. The van der Waals surface area contributed by atoms with Gasteiger partial charge in [-0.3, -0.25) is 0 Å². The Morgan fingerprint density at radius 3 is 2.87 bits per heavy atom. The Bertz CT molecular complexity index is 321. The van der Waals surface area contributed by atoms with Gasteiger partial charge in [0.25, 0.3) is 0 Å². The van der Waals surface area contributed by atoms with E-state index in [1.807, 2.05) is 23.9 Å². The molecule has 0 saturated heterocycles. The summed E-state index contributed by atoms with van der Waals surface area (Å²) < 4.78 is 0. The van der Waals surface area contributed by atoms with Gasteiger partial charge < -0.3 is 5.11 Å². The van der Waals surface area contributed by atoms with Gasteiger partial charge in [0, 0.05) is 11.4 Å². The summed E-state index contributed by atoms with van der Waals surface area (Å²) in [6, 6.07) is 3.89. The molecule has 2 rings (SSSR count). The zero-order chi connectivity index (χ0) is 10.7. The van der Waals surface area contributed by atoms with Crippen LogP contribution >= 0.6 is 11.8 Å². The Morgan fingerprint density at radius 1 is 1.47 bits per heavy atom. The van der Waals surface area contributed by atoms with Gasteiger partial charge in [0.05, 0.1) is 11.1 Å². The van der Waals surface area contributed by atoms with Crippen molar-refractivity contribution in [2.24, 2.45) is 0 Å².